The Balaban J connectivity index is 2.32. The summed E-state index contributed by atoms with van der Waals surface area (Å²) in [6, 6.07) is 2.09. The summed E-state index contributed by atoms with van der Waals surface area (Å²) in [5.74, 6) is 1.81. The van der Waals surface area contributed by atoms with Gasteiger partial charge in [0.1, 0.15) is 11.4 Å². The second kappa shape index (κ2) is 5.32. The van der Waals surface area contributed by atoms with E-state index in [-0.39, 0.29) is 0 Å². The van der Waals surface area contributed by atoms with Crippen LogP contribution in [0.1, 0.15) is 25.6 Å². The van der Waals surface area contributed by atoms with E-state index in [1.807, 2.05) is 18.5 Å². The topological polar surface area (TPSA) is 80.5 Å². The van der Waals surface area contributed by atoms with E-state index in [1.54, 1.807) is 18.7 Å². The minimum atomic E-state index is -0.712. The molecule has 1 aromatic rings. The molecule has 0 bridgehead atoms. The zero-order chi connectivity index (χ0) is 12.2. The first kappa shape index (κ1) is 13.0. The zero-order valence-corrected chi connectivity index (χ0v) is 10.7. The van der Waals surface area contributed by atoms with Gasteiger partial charge in [0.15, 0.2) is 5.16 Å². The lowest BCUT2D eigenvalue weighted by Gasteiger charge is -2.13. The molecule has 0 amide bonds. The summed E-state index contributed by atoms with van der Waals surface area (Å²) in [6.07, 6.45) is 1.60. The fourth-order valence-electron chi connectivity index (χ4n) is 1.17. The summed E-state index contributed by atoms with van der Waals surface area (Å²) in [4.78, 5) is 0. The summed E-state index contributed by atoms with van der Waals surface area (Å²) >= 11 is 1.64. The number of thioether (sulfide) groups is 1. The van der Waals surface area contributed by atoms with Crippen molar-refractivity contribution >= 4 is 11.8 Å². The Kier molecular flexibility index (Phi) is 4.33. The molecule has 0 fully saturated rings. The molecule has 1 aromatic heterocycles. The molecule has 1 rings (SSSR count). The monoisotopic (exact) mass is 239 g/mol. The Morgan fingerprint density at radius 2 is 2.25 bits per heavy atom. The average molecular weight is 239 g/mol. The summed E-state index contributed by atoms with van der Waals surface area (Å²) < 4.78 is 1.95. The van der Waals surface area contributed by atoms with E-state index in [0.717, 1.165) is 23.2 Å². The first-order chi connectivity index (χ1) is 7.46. The van der Waals surface area contributed by atoms with Crippen LogP contribution in [0.2, 0.25) is 0 Å². The van der Waals surface area contributed by atoms with Crippen LogP contribution in [0.4, 0.5) is 0 Å². The lowest BCUT2D eigenvalue weighted by molar-refractivity contribution is 0.540. The molecule has 0 radical (unpaired) electrons. The van der Waals surface area contributed by atoms with Crippen LogP contribution in [-0.4, -0.2) is 26.1 Å². The molecule has 5 nitrogen and oxygen atoms in total. The number of nitrogens with two attached hydrogens (primary N) is 1. The van der Waals surface area contributed by atoms with Gasteiger partial charge < -0.3 is 10.3 Å². The van der Waals surface area contributed by atoms with Crippen molar-refractivity contribution in [2.75, 3.05) is 5.75 Å². The molecule has 2 N–H and O–H groups in total. The molecule has 0 saturated heterocycles. The molecule has 1 atom stereocenters. The number of hydrogen-bond acceptors (Lipinski definition) is 5. The Bertz CT molecular complexity index is 390. The summed E-state index contributed by atoms with van der Waals surface area (Å²) in [6.45, 7) is 3.67. The van der Waals surface area contributed by atoms with Crippen LogP contribution < -0.4 is 5.73 Å². The van der Waals surface area contributed by atoms with Gasteiger partial charge in [0.2, 0.25) is 0 Å². The van der Waals surface area contributed by atoms with Crippen LogP contribution in [0.25, 0.3) is 0 Å². The zero-order valence-electron chi connectivity index (χ0n) is 9.90. The van der Waals surface area contributed by atoms with Gasteiger partial charge in [0, 0.05) is 12.8 Å². The largest absolute Gasteiger partial charge is 0.314 e. The number of rotatable bonds is 5. The third-order valence-corrected chi connectivity index (χ3v) is 3.49. The lowest BCUT2D eigenvalue weighted by atomic mass is 10.0. The predicted octanol–water partition coefficient (Wildman–Crippen LogP) is 1.24. The van der Waals surface area contributed by atoms with Gasteiger partial charge in [-0.1, -0.05) is 11.8 Å². The first-order valence-corrected chi connectivity index (χ1v) is 6.14. The van der Waals surface area contributed by atoms with E-state index in [4.69, 9.17) is 11.0 Å². The molecule has 0 aliphatic rings. The van der Waals surface area contributed by atoms with Crippen LogP contribution in [0.3, 0.4) is 0 Å². The van der Waals surface area contributed by atoms with Gasteiger partial charge in [0.25, 0.3) is 0 Å². The highest BCUT2D eigenvalue weighted by Gasteiger charge is 2.16. The number of aromatic nitrogens is 3. The Hall–Kier alpha value is -1.06. The highest BCUT2D eigenvalue weighted by Crippen LogP contribution is 2.18. The quantitative estimate of drug-likeness (QED) is 0.617. The molecule has 1 unspecified atom stereocenters. The van der Waals surface area contributed by atoms with Crippen molar-refractivity contribution in [3.8, 4) is 6.07 Å². The molecular weight excluding hydrogens is 222 g/mol. The van der Waals surface area contributed by atoms with Crippen molar-refractivity contribution in [2.45, 2.75) is 37.4 Å². The third kappa shape index (κ3) is 3.51. The fourth-order valence-corrected chi connectivity index (χ4v) is 2.07. The summed E-state index contributed by atoms with van der Waals surface area (Å²) in [5, 5.41) is 17.7. The van der Waals surface area contributed by atoms with Gasteiger partial charge in [-0.15, -0.1) is 10.2 Å². The maximum atomic E-state index is 8.75. The van der Waals surface area contributed by atoms with Gasteiger partial charge in [-0.3, -0.25) is 0 Å². The Morgan fingerprint density at radius 3 is 2.75 bits per heavy atom. The SMILES string of the molecule is Cc1nnc(SCCCC(C)(N)C#N)n1C. The van der Waals surface area contributed by atoms with E-state index >= 15 is 0 Å². The molecule has 0 aromatic carbocycles. The Labute approximate surface area is 100 Å². The van der Waals surface area contributed by atoms with E-state index < -0.39 is 5.54 Å². The van der Waals surface area contributed by atoms with Gasteiger partial charge in [-0.2, -0.15) is 5.26 Å². The lowest BCUT2D eigenvalue weighted by Crippen LogP contribution is -2.33. The van der Waals surface area contributed by atoms with E-state index in [0.29, 0.717) is 6.42 Å². The van der Waals surface area contributed by atoms with Gasteiger partial charge in [-0.25, -0.2) is 0 Å². The highest BCUT2D eigenvalue weighted by atomic mass is 32.2. The van der Waals surface area contributed by atoms with Gasteiger partial charge in [0.05, 0.1) is 6.07 Å². The molecule has 0 aliphatic carbocycles. The molecule has 16 heavy (non-hydrogen) atoms. The van der Waals surface area contributed by atoms with Crippen LogP contribution >= 0.6 is 11.8 Å². The van der Waals surface area contributed by atoms with Crippen LogP contribution in [-0.2, 0) is 7.05 Å². The maximum absolute atomic E-state index is 8.75. The van der Waals surface area contributed by atoms with Crippen molar-refractivity contribution in [2.24, 2.45) is 12.8 Å². The normalized spacial score (nSPS) is 14.4. The highest BCUT2D eigenvalue weighted by molar-refractivity contribution is 7.99. The van der Waals surface area contributed by atoms with Crippen LogP contribution in [0, 0.1) is 18.3 Å². The van der Waals surface area contributed by atoms with Crippen molar-refractivity contribution < 1.29 is 0 Å². The predicted molar refractivity (Wildman–Crippen MR) is 63.9 cm³/mol. The molecule has 0 aliphatic heterocycles. The second-order valence-corrected chi connectivity index (χ2v) is 5.13. The molecule has 88 valence electrons. The molecule has 0 saturated carbocycles. The minimum Gasteiger partial charge on any atom is -0.314 e. The molecular formula is C10H17N5S. The molecule has 6 heteroatoms. The van der Waals surface area contributed by atoms with Crippen LogP contribution in [0.5, 0.6) is 0 Å². The second-order valence-electron chi connectivity index (χ2n) is 4.07. The first-order valence-electron chi connectivity index (χ1n) is 5.15. The third-order valence-electron chi connectivity index (χ3n) is 2.38. The maximum Gasteiger partial charge on any atom is 0.190 e. The minimum absolute atomic E-state index is 0.702. The van der Waals surface area contributed by atoms with Gasteiger partial charge in [-0.05, 0) is 26.7 Å². The van der Waals surface area contributed by atoms with E-state index in [2.05, 4.69) is 16.3 Å². The summed E-state index contributed by atoms with van der Waals surface area (Å²) in [7, 11) is 1.94. The van der Waals surface area contributed by atoms with E-state index in [1.165, 1.54) is 0 Å². The average Bonchev–Trinajstić information content (AvgIpc) is 2.56. The smallest absolute Gasteiger partial charge is 0.190 e. The number of hydrogen-bond donors (Lipinski definition) is 1. The van der Waals surface area contributed by atoms with Gasteiger partial charge >= 0.3 is 0 Å². The van der Waals surface area contributed by atoms with Crippen LogP contribution in [0.15, 0.2) is 5.16 Å². The van der Waals surface area contributed by atoms with Crippen molar-refractivity contribution in [3.63, 3.8) is 0 Å². The standard InChI is InChI=1S/C10H17N5S/c1-8-13-14-9(15(8)3)16-6-4-5-10(2,12)7-11/h4-6,12H2,1-3H3. The van der Waals surface area contributed by atoms with Crippen molar-refractivity contribution in [1.82, 2.24) is 14.8 Å². The number of nitriles is 1. The van der Waals surface area contributed by atoms with Crippen molar-refractivity contribution in [3.05, 3.63) is 5.82 Å². The van der Waals surface area contributed by atoms with Crippen molar-refractivity contribution in [1.29, 1.82) is 5.26 Å². The molecule has 0 spiro atoms. The molecule has 1 heterocycles. The number of nitrogens with zero attached hydrogens (tertiary/aromatic N) is 4. The van der Waals surface area contributed by atoms with E-state index in [9.17, 15) is 0 Å². The fraction of sp³-hybridized carbons (Fsp3) is 0.700. The summed E-state index contributed by atoms with van der Waals surface area (Å²) in [5.41, 5.74) is 5.01. The number of aryl methyl sites for hydroxylation is 1. The Morgan fingerprint density at radius 1 is 1.56 bits per heavy atom.